The Hall–Kier alpha value is -2.33. The van der Waals surface area contributed by atoms with E-state index in [0.29, 0.717) is 22.5 Å². The first-order chi connectivity index (χ1) is 11.6. The first-order valence-corrected chi connectivity index (χ1v) is 8.59. The molecule has 0 spiro atoms. The van der Waals surface area contributed by atoms with Crippen LogP contribution in [0, 0.1) is 39.4 Å². The third kappa shape index (κ3) is 4.40. The molecule has 0 aromatic rings. The zero-order valence-electron chi connectivity index (χ0n) is 15.9. The fraction of sp³-hybridized carbons (Fsp3) is 0.571. The monoisotopic (exact) mass is 340 g/mol. The lowest BCUT2D eigenvalue weighted by Gasteiger charge is -2.38. The predicted octanol–water partition coefficient (Wildman–Crippen LogP) is 4.86. The molecule has 2 aliphatic rings. The van der Waals surface area contributed by atoms with Crippen molar-refractivity contribution in [2.24, 2.45) is 16.7 Å². The van der Waals surface area contributed by atoms with Crippen LogP contribution in [-0.2, 0) is 9.53 Å². The molecule has 4 heteroatoms. The van der Waals surface area contributed by atoms with E-state index >= 15 is 0 Å². The minimum atomic E-state index is -0.227. The van der Waals surface area contributed by atoms with Gasteiger partial charge in [0.25, 0.3) is 0 Å². The molecule has 2 fully saturated rings. The molecular weight excluding hydrogens is 312 g/mol. The normalized spacial score (nSPS) is 29.3. The van der Waals surface area contributed by atoms with Crippen molar-refractivity contribution >= 4 is 5.97 Å². The summed E-state index contributed by atoms with van der Waals surface area (Å²) in [4.78, 5) is 11.6. The Bertz CT molecular complexity index is 673. The maximum Gasteiger partial charge on any atom is 0.333 e. The number of carbonyl (C=O) groups excluding carboxylic acids is 1. The molecule has 3 unspecified atom stereocenters. The maximum atomic E-state index is 11.6. The van der Waals surface area contributed by atoms with Gasteiger partial charge in [0.1, 0.15) is 6.10 Å². The van der Waals surface area contributed by atoms with Crippen LogP contribution in [0.25, 0.3) is 0 Å². The Balaban J connectivity index is 0.000000299. The second kappa shape index (κ2) is 8.17. The van der Waals surface area contributed by atoms with Crippen molar-refractivity contribution in [2.45, 2.75) is 60.0 Å². The lowest BCUT2D eigenvalue weighted by molar-refractivity contribution is -0.151. The first kappa shape index (κ1) is 20.7. The summed E-state index contributed by atoms with van der Waals surface area (Å²) < 4.78 is 5.61. The van der Waals surface area contributed by atoms with E-state index in [4.69, 9.17) is 15.3 Å². The van der Waals surface area contributed by atoms with Gasteiger partial charge in [-0.15, -0.1) is 0 Å². The average Bonchev–Trinajstić information content (AvgIpc) is 2.88. The fourth-order valence-electron chi connectivity index (χ4n) is 3.81. The molecule has 2 aliphatic carbocycles. The summed E-state index contributed by atoms with van der Waals surface area (Å²) in [7, 11) is 0. The third-order valence-corrected chi connectivity index (χ3v) is 6.01. The summed E-state index contributed by atoms with van der Waals surface area (Å²) in [6, 6.07) is 3.74. The molecule has 2 rings (SSSR count). The average molecular weight is 340 g/mol. The zero-order valence-corrected chi connectivity index (χ0v) is 15.9. The fourth-order valence-corrected chi connectivity index (χ4v) is 3.81. The Kier molecular flexibility index (Phi) is 6.77. The summed E-state index contributed by atoms with van der Waals surface area (Å²) in [5, 5.41) is 16.2. The van der Waals surface area contributed by atoms with E-state index in [1.807, 2.05) is 12.1 Å². The standard InChI is InChI=1S/C14H22O2.C7H6N2/c1-9(2)12(15)16-11-8-10-6-7-14(11,5)13(10,3)4;1-7(6-9)4-2-3-5-8/h10-11H,1,6-8H2,2-5H3;2-4H,1H3. The van der Waals surface area contributed by atoms with Crippen molar-refractivity contribution in [1.29, 1.82) is 10.5 Å². The molecule has 0 heterocycles. The highest BCUT2D eigenvalue weighted by atomic mass is 16.5. The maximum absolute atomic E-state index is 11.6. The van der Waals surface area contributed by atoms with Gasteiger partial charge >= 0.3 is 5.97 Å². The van der Waals surface area contributed by atoms with Gasteiger partial charge in [0.15, 0.2) is 0 Å². The van der Waals surface area contributed by atoms with Gasteiger partial charge in [-0.05, 0) is 50.5 Å². The second-order valence-electron chi connectivity index (χ2n) is 7.73. The van der Waals surface area contributed by atoms with Crippen LogP contribution in [0.3, 0.4) is 0 Å². The number of rotatable bonds is 3. The van der Waals surface area contributed by atoms with Crippen LogP contribution in [0.15, 0.2) is 36.0 Å². The van der Waals surface area contributed by atoms with Gasteiger partial charge in [-0.2, -0.15) is 10.5 Å². The predicted molar refractivity (Wildman–Crippen MR) is 98.0 cm³/mol. The Labute approximate surface area is 151 Å². The molecule has 2 bridgehead atoms. The van der Waals surface area contributed by atoms with Gasteiger partial charge in [-0.25, -0.2) is 4.79 Å². The van der Waals surface area contributed by atoms with Gasteiger partial charge in [0.05, 0.1) is 12.1 Å². The lowest BCUT2D eigenvalue weighted by atomic mass is 9.70. The molecule has 0 N–H and O–H groups in total. The zero-order chi connectivity index (χ0) is 19.3. The van der Waals surface area contributed by atoms with E-state index in [-0.39, 0.29) is 17.5 Å². The van der Waals surface area contributed by atoms with Crippen LogP contribution >= 0.6 is 0 Å². The minimum absolute atomic E-state index is 0.0884. The highest BCUT2D eigenvalue weighted by Crippen LogP contribution is 2.66. The number of esters is 1. The Morgan fingerprint density at radius 1 is 1.28 bits per heavy atom. The van der Waals surface area contributed by atoms with Gasteiger partial charge in [-0.3, -0.25) is 0 Å². The number of carbonyl (C=O) groups is 1. The number of fused-ring (bicyclic) bond motifs is 2. The molecule has 4 nitrogen and oxygen atoms in total. The van der Waals surface area contributed by atoms with Crippen LogP contribution in [0.5, 0.6) is 0 Å². The third-order valence-electron chi connectivity index (χ3n) is 6.01. The topological polar surface area (TPSA) is 73.9 Å². The first-order valence-electron chi connectivity index (χ1n) is 8.59. The Morgan fingerprint density at radius 2 is 1.92 bits per heavy atom. The van der Waals surface area contributed by atoms with Crippen molar-refractivity contribution in [2.75, 3.05) is 0 Å². The molecule has 0 amide bonds. The largest absolute Gasteiger partial charge is 0.458 e. The summed E-state index contributed by atoms with van der Waals surface area (Å²) in [6.07, 6.45) is 8.03. The second-order valence-corrected chi connectivity index (χ2v) is 7.73. The van der Waals surface area contributed by atoms with Gasteiger partial charge < -0.3 is 4.74 Å². The van der Waals surface area contributed by atoms with E-state index in [9.17, 15) is 4.79 Å². The summed E-state index contributed by atoms with van der Waals surface area (Å²) in [6.45, 7) is 13.9. The highest BCUT2D eigenvalue weighted by Gasteiger charge is 2.62. The van der Waals surface area contributed by atoms with Crippen molar-refractivity contribution in [3.8, 4) is 12.1 Å². The molecule has 134 valence electrons. The Morgan fingerprint density at radius 3 is 2.32 bits per heavy atom. The number of nitrogens with zero attached hydrogens (tertiary/aromatic N) is 2. The molecule has 25 heavy (non-hydrogen) atoms. The van der Waals surface area contributed by atoms with Crippen molar-refractivity contribution in [1.82, 2.24) is 0 Å². The van der Waals surface area contributed by atoms with Crippen molar-refractivity contribution < 1.29 is 9.53 Å². The van der Waals surface area contributed by atoms with Gasteiger partial charge in [-0.1, -0.05) is 33.4 Å². The quantitative estimate of drug-likeness (QED) is 0.318. The van der Waals surface area contributed by atoms with Crippen LogP contribution in [0.1, 0.15) is 53.9 Å². The number of hydrogen-bond acceptors (Lipinski definition) is 4. The van der Waals surface area contributed by atoms with Gasteiger partial charge in [0, 0.05) is 22.6 Å². The van der Waals surface area contributed by atoms with E-state index in [2.05, 4.69) is 27.4 Å². The molecule has 0 radical (unpaired) electrons. The lowest BCUT2D eigenvalue weighted by Crippen LogP contribution is -2.38. The van der Waals surface area contributed by atoms with E-state index in [0.717, 1.165) is 6.42 Å². The number of ether oxygens (including phenoxy) is 1. The molecule has 0 aliphatic heterocycles. The summed E-state index contributed by atoms with van der Waals surface area (Å²) in [5.74, 6) is 0.481. The molecular formula is C21H28N2O2. The highest BCUT2D eigenvalue weighted by molar-refractivity contribution is 5.87. The van der Waals surface area contributed by atoms with E-state index < -0.39 is 0 Å². The number of hydrogen-bond donors (Lipinski definition) is 0. The van der Waals surface area contributed by atoms with E-state index in [1.165, 1.54) is 18.9 Å². The SMILES string of the molecule is C=C(C)C(=O)OC1CC2CCC1(C)C2(C)C.CC(C#N)=CC=CC#N. The number of nitriles is 2. The molecule has 3 atom stereocenters. The smallest absolute Gasteiger partial charge is 0.333 e. The molecule has 0 saturated heterocycles. The van der Waals surface area contributed by atoms with Crippen LogP contribution < -0.4 is 0 Å². The molecule has 0 aromatic heterocycles. The van der Waals surface area contributed by atoms with Crippen LogP contribution in [0.2, 0.25) is 0 Å². The van der Waals surface area contributed by atoms with E-state index in [1.54, 1.807) is 26.0 Å². The summed E-state index contributed by atoms with van der Waals surface area (Å²) in [5.41, 5.74) is 1.56. The number of allylic oxidation sites excluding steroid dienone is 4. The van der Waals surface area contributed by atoms with Gasteiger partial charge in [0.2, 0.25) is 0 Å². The van der Waals surface area contributed by atoms with Crippen molar-refractivity contribution in [3.63, 3.8) is 0 Å². The van der Waals surface area contributed by atoms with Crippen LogP contribution in [-0.4, -0.2) is 12.1 Å². The summed E-state index contributed by atoms with van der Waals surface area (Å²) >= 11 is 0. The molecule has 2 saturated carbocycles. The molecule has 0 aromatic carbocycles. The van der Waals surface area contributed by atoms with Crippen molar-refractivity contribution in [3.05, 3.63) is 36.0 Å². The minimum Gasteiger partial charge on any atom is -0.458 e. The van der Waals surface area contributed by atoms with Crippen LogP contribution in [0.4, 0.5) is 0 Å².